The quantitative estimate of drug-likeness (QED) is 0.799. The van der Waals surface area contributed by atoms with Gasteiger partial charge in [0.2, 0.25) is 15.9 Å². The standard InChI is InChI=1S/C15H16Cl2N2O3S2/c1-10(15(20)19(2)8-11-5-6-23-9-11)18-24(21,22)12-3-4-13(16)14(17)7-12/h3-7,9-10,18H,8H2,1-2H3/t10-/m0/s1. The number of sulfonamides is 1. The molecule has 1 aromatic heterocycles. The molecule has 5 nitrogen and oxygen atoms in total. The summed E-state index contributed by atoms with van der Waals surface area (Å²) in [6, 6.07) is 4.99. The van der Waals surface area contributed by atoms with Gasteiger partial charge in [-0.1, -0.05) is 23.2 Å². The van der Waals surface area contributed by atoms with E-state index in [9.17, 15) is 13.2 Å². The molecule has 0 aliphatic rings. The van der Waals surface area contributed by atoms with Crippen molar-refractivity contribution in [2.45, 2.75) is 24.4 Å². The van der Waals surface area contributed by atoms with Crippen LogP contribution in [0.15, 0.2) is 39.9 Å². The van der Waals surface area contributed by atoms with Crippen LogP contribution in [0, 0.1) is 0 Å². The molecule has 0 radical (unpaired) electrons. The van der Waals surface area contributed by atoms with Crippen molar-refractivity contribution in [3.8, 4) is 0 Å². The van der Waals surface area contributed by atoms with Crippen LogP contribution in [0.5, 0.6) is 0 Å². The van der Waals surface area contributed by atoms with Gasteiger partial charge in [-0.3, -0.25) is 4.79 Å². The van der Waals surface area contributed by atoms with Crippen molar-refractivity contribution in [2.24, 2.45) is 0 Å². The average Bonchev–Trinajstić information content (AvgIpc) is 3.01. The lowest BCUT2D eigenvalue weighted by molar-refractivity contribution is -0.131. The van der Waals surface area contributed by atoms with Gasteiger partial charge < -0.3 is 4.90 Å². The lowest BCUT2D eigenvalue weighted by Crippen LogP contribution is -2.45. The molecule has 0 spiro atoms. The van der Waals surface area contributed by atoms with Crippen LogP contribution >= 0.6 is 34.5 Å². The first-order chi connectivity index (χ1) is 11.2. The number of likely N-dealkylation sites (N-methyl/N-ethyl adjacent to an activating group) is 1. The molecule has 9 heteroatoms. The topological polar surface area (TPSA) is 66.5 Å². The van der Waals surface area contributed by atoms with Crippen LogP contribution in [-0.2, 0) is 21.4 Å². The second-order valence-corrected chi connectivity index (χ2v) is 8.55. The van der Waals surface area contributed by atoms with Crippen LogP contribution < -0.4 is 4.72 Å². The summed E-state index contributed by atoms with van der Waals surface area (Å²) in [6.45, 7) is 1.92. The average molecular weight is 407 g/mol. The molecule has 0 fully saturated rings. The number of halogens is 2. The first-order valence-electron chi connectivity index (χ1n) is 6.94. The van der Waals surface area contributed by atoms with Crippen molar-refractivity contribution in [3.63, 3.8) is 0 Å². The third-order valence-electron chi connectivity index (χ3n) is 3.28. The zero-order valence-corrected chi connectivity index (χ0v) is 16.1. The Kier molecular flexibility index (Phi) is 6.28. The zero-order valence-electron chi connectivity index (χ0n) is 13.0. The summed E-state index contributed by atoms with van der Waals surface area (Å²) >= 11 is 13.2. The number of thiophene rings is 1. The van der Waals surface area contributed by atoms with E-state index in [1.807, 2.05) is 16.8 Å². The molecule has 1 N–H and O–H groups in total. The van der Waals surface area contributed by atoms with Gasteiger partial charge >= 0.3 is 0 Å². The Morgan fingerprint density at radius 2 is 2.00 bits per heavy atom. The van der Waals surface area contributed by atoms with Crippen LogP contribution in [0.2, 0.25) is 10.0 Å². The van der Waals surface area contributed by atoms with Crippen molar-refractivity contribution < 1.29 is 13.2 Å². The van der Waals surface area contributed by atoms with E-state index in [-0.39, 0.29) is 20.8 Å². The van der Waals surface area contributed by atoms with Crippen molar-refractivity contribution in [3.05, 3.63) is 50.6 Å². The summed E-state index contributed by atoms with van der Waals surface area (Å²) in [4.78, 5) is 13.8. The van der Waals surface area contributed by atoms with Gasteiger partial charge in [-0.05, 0) is 47.5 Å². The molecule has 0 saturated heterocycles. The van der Waals surface area contributed by atoms with Gasteiger partial charge in [0.1, 0.15) is 0 Å². The maximum absolute atomic E-state index is 12.4. The Morgan fingerprint density at radius 1 is 1.29 bits per heavy atom. The first-order valence-corrected chi connectivity index (χ1v) is 10.1. The number of carbonyl (C=O) groups excluding carboxylic acids is 1. The fraction of sp³-hybridized carbons (Fsp3) is 0.267. The number of amides is 1. The SMILES string of the molecule is C[C@H](NS(=O)(=O)c1ccc(Cl)c(Cl)c1)C(=O)N(C)Cc1ccsc1. The molecule has 0 aliphatic heterocycles. The smallest absolute Gasteiger partial charge is 0.241 e. The summed E-state index contributed by atoms with van der Waals surface area (Å²) in [5.74, 6) is -0.329. The first kappa shape index (κ1) is 19.2. The molecular weight excluding hydrogens is 391 g/mol. The van der Waals surface area contributed by atoms with Crippen LogP contribution in [0.3, 0.4) is 0 Å². The van der Waals surface area contributed by atoms with Gasteiger partial charge in [-0.15, -0.1) is 0 Å². The molecule has 0 aliphatic carbocycles. The molecule has 1 atom stereocenters. The molecular formula is C15H16Cl2N2O3S2. The Balaban J connectivity index is 2.07. The van der Waals surface area contributed by atoms with Crippen molar-refractivity contribution in [1.29, 1.82) is 0 Å². The van der Waals surface area contributed by atoms with E-state index < -0.39 is 16.1 Å². The van der Waals surface area contributed by atoms with Gasteiger partial charge in [0.25, 0.3) is 0 Å². The number of nitrogens with zero attached hydrogens (tertiary/aromatic N) is 1. The molecule has 0 unspecified atom stereocenters. The van der Waals surface area contributed by atoms with E-state index in [1.165, 1.54) is 41.4 Å². The molecule has 1 aromatic carbocycles. The number of carbonyl (C=O) groups is 1. The van der Waals surface area contributed by atoms with Crippen molar-refractivity contribution in [2.75, 3.05) is 7.05 Å². The van der Waals surface area contributed by atoms with Gasteiger partial charge in [-0.2, -0.15) is 16.1 Å². The van der Waals surface area contributed by atoms with E-state index in [1.54, 1.807) is 7.05 Å². The third-order valence-corrected chi connectivity index (χ3v) is 6.29. The summed E-state index contributed by atoms with van der Waals surface area (Å²) < 4.78 is 27.1. The summed E-state index contributed by atoms with van der Waals surface area (Å²) in [5, 5.41) is 4.25. The summed E-state index contributed by atoms with van der Waals surface area (Å²) in [6.07, 6.45) is 0. The fourth-order valence-electron chi connectivity index (χ4n) is 2.06. The fourth-order valence-corrected chi connectivity index (χ4v) is 4.31. The van der Waals surface area contributed by atoms with Crippen molar-refractivity contribution in [1.82, 2.24) is 9.62 Å². The lowest BCUT2D eigenvalue weighted by Gasteiger charge is -2.21. The number of hydrogen-bond acceptors (Lipinski definition) is 4. The second kappa shape index (κ2) is 7.84. The Hall–Kier alpha value is -1.12. The molecule has 130 valence electrons. The van der Waals surface area contributed by atoms with Gasteiger partial charge in [0, 0.05) is 13.6 Å². The normalized spacial score (nSPS) is 12.8. The molecule has 1 heterocycles. The minimum Gasteiger partial charge on any atom is -0.340 e. The Labute approximate surface area is 155 Å². The molecule has 0 saturated carbocycles. The minimum atomic E-state index is -3.88. The molecule has 2 rings (SSSR count). The lowest BCUT2D eigenvalue weighted by atomic mass is 10.2. The molecule has 2 aromatic rings. The highest BCUT2D eigenvalue weighted by molar-refractivity contribution is 7.89. The van der Waals surface area contributed by atoms with Gasteiger partial charge in [0.05, 0.1) is 21.0 Å². The predicted molar refractivity (Wildman–Crippen MR) is 97.0 cm³/mol. The molecule has 0 bridgehead atoms. The van der Waals surface area contributed by atoms with Crippen LogP contribution in [-0.4, -0.2) is 32.3 Å². The van der Waals surface area contributed by atoms with Crippen LogP contribution in [0.25, 0.3) is 0 Å². The van der Waals surface area contributed by atoms with E-state index in [0.717, 1.165) is 5.56 Å². The maximum Gasteiger partial charge on any atom is 0.241 e. The zero-order chi connectivity index (χ0) is 17.9. The highest BCUT2D eigenvalue weighted by Gasteiger charge is 2.24. The molecule has 24 heavy (non-hydrogen) atoms. The van der Waals surface area contributed by atoms with E-state index in [2.05, 4.69) is 4.72 Å². The highest BCUT2D eigenvalue weighted by Crippen LogP contribution is 2.24. The Bertz CT molecular complexity index is 823. The minimum absolute atomic E-state index is 0.0444. The Morgan fingerprint density at radius 3 is 2.58 bits per heavy atom. The summed E-state index contributed by atoms with van der Waals surface area (Å²) in [5.41, 5.74) is 0.996. The molecule has 1 amide bonds. The van der Waals surface area contributed by atoms with Gasteiger partial charge in [0.15, 0.2) is 0 Å². The van der Waals surface area contributed by atoms with E-state index >= 15 is 0 Å². The predicted octanol–water partition coefficient (Wildman–Crippen LogP) is 3.38. The van der Waals surface area contributed by atoms with Crippen molar-refractivity contribution >= 4 is 50.5 Å². The highest BCUT2D eigenvalue weighted by atomic mass is 35.5. The number of benzene rings is 1. The van der Waals surface area contributed by atoms with Gasteiger partial charge in [-0.25, -0.2) is 8.42 Å². The summed E-state index contributed by atoms with van der Waals surface area (Å²) in [7, 11) is -2.25. The monoisotopic (exact) mass is 406 g/mol. The van der Waals surface area contributed by atoms with Crippen LogP contribution in [0.1, 0.15) is 12.5 Å². The van der Waals surface area contributed by atoms with E-state index in [4.69, 9.17) is 23.2 Å². The number of rotatable bonds is 6. The largest absolute Gasteiger partial charge is 0.340 e. The van der Waals surface area contributed by atoms with E-state index in [0.29, 0.717) is 6.54 Å². The van der Waals surface area contributed by atoms with Crippen LogP contribution in [0.4, 0.5) is 0 Å². The second-order valence-electron chi connectivity index (χ2n) is 5.24. The number of nitrogens with one attached hydrogen (secondary N) is 1. The maximum atomic E-state index is 12.4. The number of hydrogen-bond donors (Lipinski definition) is 1. The third kappa shape index (κ3) is 4.70.